The Balaban J connectivity index is 1.51. The summed E-state index contributed by atoms with van der Waals surface area (Å²) in [4.78, 5) is 4.73. The topological polar surface area (TPSA) is 36.3 Å². The summed E-state index contributed by atoms with van der Waals surface area (Å²) in [6.07, 6.45) is 1.83. The van der Waals surface area contributed by atoms with Gasteiger partial charge in [0.2, 0.25) is 0 Å². The highest BCUT2D eigenvalue weighted by atomic mass is 32.1. The summed E-state index contributed by atoms with van der Waals surface area (Å²) in [6.45, 7) is 9.17. The molecule has 0 spiro atoms. The number of piperazine rings is 1. The fraction of sp³-hybridized carbons (Fsp3) is 0.444. The Morgan fingerprint density at radius 2 is 1.96 bits per heavy atom. The smallest absolute Gasteiger partial charge is 0.173 e. The summed E-state index contributed by atoms with van der Waals surface area (Å²) in [7, 11) is 1.94. The average molecular weight is 344 g/mol. The first-order chi connectivity index (χ1) is 11.5. The van der Waals surface area contributed by atoms with Crippen LogP contribution < -0.4 is 5.32 Å². The highest BCUT2D eigenvalue weighted by Gasteiger charge is 2.19. The van der Waals surface area contributed by atoms with Crippen LogP contribution in [0.25, 0.3) is 0 Å². The molecule has 1 aliphatic rings. The number of nitrogens with zero attached hydrogens (tertiary/aromatic N) is 4. The number of anilines is 1. The van der Waals surface area contributed by atoms with Crippen molar-refractivity contribution in [3.05, 3.63) is 47.3 Å². The van der Waals surface area contributed by atoms with Gasteiger partial charge in [-0.1, -0.05) is 29.8 Å². The number of nitrogens with one attached hydrogen (secondary N) is 1. The number of aryl methyl sites for hydroxylation is 2. The van der Waals surface area contributed by atoms with E-state index in [4.69, 9.17) is 12.2 Å². The van der Waals surface area contributed by atoms with Crippen molar-refractivity contribution >= 4 is 23.0 Å². The number of benzene rings is 1. The van der Waals surface area contributed by atoms with Crippen LogP contribution in [0.4, 0.5) is 5.69 Å². The van der Waals surface area contributed by atoms with Gasteiger partial charge in [0.15, 0.2) is 5.11 Å². The molecule has 0 radical (unpaired) electrons. The minimum atomic E-state index is 0.793. The van der Waals surface area contributed by atoms with E-state index >= 15 is 0 Å². The molecule has 2 heterocycles. The Morgan fingerprint density at radius 1 is 1.21 bits per heavy atom. The Kier molecular flexibility index (Phi) is 5.16. The van der Waals surface area contributed by atoms with Crippen molar-refractivity contribution in [2.45, 2.75) is 20.4 Å². The predicted octanol–water partition coefficient (Wildman–Crippen LogP) is 2.55. The Hall–Kier alpha value is -1.92. The van der Waals surface area contributed by atoms with Gasteiger partial charge in [-0.15, -0.1) is 0 Å². The fourth-order valence-electron chi connectivity index (χ4n) is 2.99. The Morgan fingerprint density at radius 3 is 2.58 bits per heavy atom. The molecule has 2 aromatic rings. The van der Waals surface area contributed by atoms with Crippen molar-refractivity contribution in [2.24, 2.45) is 7.05 Å². The molecule has 0 aliphatic carbocycles. The molecule has 0 unspecified atom stereocenters. The largest absolute Gasteiger partial charge is 0.346 e. The van der Waals surface area contributed by atoms with Crippen LogP contribution in [0, 0.1) is 13.8 Å². The summed E-state index contributed by atoms with van der Waals surface area (Å²) in [6, 6.07) is 8.75. The molecule has 1 aromatic carbocycles. The quantitative estimate of drug-likeness (QED) is 0.867. The highest BCUT2D eigenvalue weighted by Crippen LogP contribution is 2.15. The molecule has 1 aliphatic heterocycles. The van der Waals surface area contributed by atoms with Crippen molar-refractivity contribution in [1.82, 2.24) is 19.6 Å². The van der Waals surface area contributed by atoms with Crippen LogP contribution in [0.3, 0.4) is 0 Å². The van der Waals surface area contributed by atoms with Gasteiger partial charge in [0.1, 0.15) is 0 Å². The lowest BCUT2D eigenvalue weighted by atomic mass is 10.1. The van der Waals surface area contributed by atoms with E-state index < -0.39 is 0 Å². The third-order valence-corrected chi connectivity index (χ3v) is 4.99. The number of thiocarbonyl (C=S) groups is 1. The van der Waals surface area contributed by atoms with E-state index in [-0.39, 0.29) is 0 Å². The van der Waals surface area contributed by atoms with Gasteiger partial charge in [-0.3, -0.25) is 9.58 Å². The second-order valence-corrected chi connectivity index (χ2v) is 6.84. The molecule has 24 heavy (non-hydrogen) atoms. The number of rotatable bonds is 3. The lowest BCUT2D eigenvalue weighted by Gasteiger charge is -2.36. The molecule has 3 rings (SSSR count). The normalized spacial score (nSPS) is 15.5. The summed E-state index contributed by atoms with van der Waals surface area (Å²) >= 11 is 5.57. The zero-order valence-corrected chi connectivity index (χ0v) is 15.4. The van der Waals surface area contributed by atoms with E-state index in [1.807, 2.05) is 24.9 Å². The minimum Gasteiger partial charge on any atom is -0.346 e. The zero-order chi connectivity index (χ0) is 17.1. The Bertz CT molecular complexity index is 716. The molecule has 6 heteroatoms. The maximum atomic E-state index is 5.57. The second kappa shape index (κ2) is 7.32. The number of hydrogen-bond acceptors (Lipinski definition) is 3. The van der Waals surface area contributed by atoms with Crippen LogP contribution in [-0.2, 0) is 13.6 Å². The van der Waals surface area contributed by atoms with Crippen molar-refractivity contribution in [3.8, 4) is 0 Å². The molecule has 1 fully saturated rings. The highest BCUT2D eigenvalue weighted by molar-refractivity contribution is 7.80. The van der Waals surface area contributed by atoms with E-state index in [1.54, 1.807) is 0 Å². The molecule has 1 aromatic heterocycles. The Labute approximate surface area is 149 Å². The van der Waals surface area contributed by atoms with E-state index in [1.165, 1.54) is 11.1 Å². The van der Waals surface area contributed by atoms with E-state index in [0.29, 0.717) is 0 Å². The third kappa shape index (κ3) is 3.94. The predicted molar refractivity (Wildman–Crippen MR) is 102 cm³/mol. The fourth-order valence-corrected chi connectivity index (χ4v) is 3.29. The van der Waals surface area contributed by atoms with Gasteiger partial charge in [0, 0.05) is 39.8 Å². The molecule has 1 saturated heterocycles. The van der Waals surface area contributed by atoms with E-state index in [9.17, 15) is 0 Å². The SMILES string of the molecule is Cc1cccc(CN2CCN(C(=S)Nc3cnn(C)c3C)CC2)c1. The number of aromatic nitrogens is 2. The maximum absolute atomic E-state index is 5.57. The lowest BCUT2D eigenvalue weighted by Crippen LogP contribution is -2.49. The first-order valence-electron chi connectivity index (χ1n) is 8.35. The van der Waals surface area contributed by atoms with Gasteiger partial charge >= 0.3 is 0 Å². The molecule has 1 N–H and O–H groups in total. The van der Waals surface area contributed by atoms with Crippen LogP contribution in [-0.4, -0.2) is 50.9 Å². The van der Waals surface area contributed by atoms with Gasteiger partial charge in [-0.05, 0) is 31.6 Å². The standard InChI is InChI=1S/C18H25N5S/c1-14-5-4-6-16(11-14)13-22-7-9-23(10-8-22)18(24)20-17-12-19-21(3)15(17)2/h4-6,11-12H,7-10,13H2,1-3H3,(H,20,24). The number of hydrogen-bond donors (Lipinski definition) is 1. The van der Waals surface area contributed by atoms with Gasteiger partial charge in [-0.25, -0.2) is 0 Å². The van der Waals surface area contributed by atoms with Crippen molar-refractivity contribution in [3.63, 3.8) is 0 Å². The third-order valence-electron chi connectivity index (χ3n) is 4.63. The zero-order valence-electron chi connectivity index (χ0n) is 14.6. The summed E-state index contributed by atoms with van der Waals surface area (Å²) in [5, 5.41) is 8.37. The second-order valence-electron chi connectivity index (χ2n) is 6.45. The molecule has 0 saturated carbocycles. The van der Waals surface area contributed by atoms with Crippen LogP contribution in [0.15, 0.2) is 30.5 Å². The molecular formula is C18H25N5S. The molecule has 5 nitrogen and oxygen atoms in total. The van der Waals surface area contributed by atoms with Crippen LogP contribution in [0.5, 0.6) is 0 Å². The summed E-state index contributed by atoms with van der Waals surface area (Å²) in [5.74, 6) is 0. The van der Waals surface area contributed by atoms with E-state index in [2.05, 4.69) is 51.4 Å². The molecule has 0 amide bonds. The first-order valence-corrected chi connectivity index (χ1v) is 8.76. The van der Waals surface area contributed by atoms with Gasteiger partial charge in [0.05, 0.1) is 17.6 Å². The first kappa shape index (κ1) is 16.9. The lowest BCUT2D eigenvalue weighted by molar-refractivity contribution is 0.177. The maximum Gasteiger partial charge on any atom is 0.173 e. The van der Waals surface area contributed by atoms with Gasteiger partial charge in [-0.2, -0.15) is 5.10 Å². The van der Waals surface area contributed by atoms with Crippen molar-refractivity contribution in [2.75, 3.05) is 31.5 Å². The van der Waals surface area contributed by atoms with Gasteiger partial charge in [0.25, 0.3) is 0 Å². The molecule has 0 atom stereocenters. The molecular weight excluding hydrogens is 318 g/mol. The summed E-state index contributed by atoms with van der Waals surface area (Å²) < 4.78 is 1.85. The van der Waals surface area contributed by atoms with Crippen LogP contribution in [0.1, 0.15) is 16.8 Å². The van der Waals surface area contributed by atoms with Crippen molar-refractivity contribution in [1.29, 1.82) is 0 Å². The summed E-state index contributed by atoms with van der Waals surface area (Å²) in [5.41, 5.74) is 4.79. The van der Waals surface area contributed by atoms with Gasteiger partial charge < -0.3 is 10.2 Å². The van der Waals surface area contributed by atoms with E-state index in [0.717, 1.165) is 49.2 Å². The van der Waals surface area contributed by atoms with Crippen LogP contribution >= 0.6 is 12.2 Å². The molecule has 128 valence electrons. The van der Waals surface area contributed by atoms with Crippen LogP contribution in [0.2, 0.25) is 0 Å². The minimum absolute atomic E-state index is 0.793. The monoisotopic (exact) mass is 343 g/mol. The average Bonchev–Trinajstić information content (AvgIpc) is 2.87. The molecule has 0 bridgehead atoms. The van der Waals surface area contributed by atoms with Crippen molar-refractivity contribution < 1.29 is 0 Å².